The number of alkyl halides is 3. The first-order chi connectivity index (χ1) is 16.7. The zero-order valence-electron chi connectivity index (χ0n) is 18.5. The van der Waals surface area contributed by atoms with E-state index in [2.05, 4.69) is 9.71 Å². The molecule has 0 spiro atoms. The number of methoxy groups -OCH3 is 1. The van der Waals surface area contributed by atoms with Gasteiger partial charge in [0.25, 0.3) is 5.78 Å². The number of hydrogen-bond donors (Lipinski definition) is 3. The van der Waals surface area contributed by atoms with Crippen molar-refractivity contribution in [1.82, 2.24) is 4.72 Å². The molecule has 1 heterocycles. The van der Waals surface area contributed by atoms with Crippen molar-refractivity contribution >= 4 is 50.7 Å². The average molecular weight is 566 g/mol. The SMILES string of the molecule is COc1cccc(C(=O)O)c1C(=O)C1=[NH+]C=C(Cl)C(C)C1NS(=O)(=O)c1ccc(Cl)c(C(F)(F)F)c1. The summed E-state index contributed by atoms with van der Waals surface area (Å²) in [5.41, 5.74) is -2.44. The van der Waals surface area contributed by atoms with Crippen LogP contribution in [0.15, 0.2) is 52.5 Å². The molecular weight excluding hydrogens is 548 g/mol. The van der Waals surface area contributed by atoms with Gasteiger partial charge in [0, 0.05) is 5.92 Å². The summed E-state index contributed by atoms with van der Waals surface area (Å²) in [4.78, 5) is 27.1. The number of benzene rings is 2. The summed E-state index contributed by atoms with van der Waals surface area (Å²) < 4.78 is 73.3. The van der Waals surface area contributed by atoms with E-state index in [0.717, 1.165) is 12.1 Å². The largest absolute Gasteiger partial charge is 0.496 e. The molecule has 0 radical (unpaired) electrons. The van der Waals surface area contributed by atoms with Crippen molar-refractivity contribution in [3.05, 3.63) is 69.3 Å². The van der Waals surface area contributed by atoms with Gasteiger partial charge in [-0.15, -0.1) is 0 Å². The molecule has 8 nitrogen and oxygen atoms in total. The number of carboxylic acid groups (broad SMARTS) is 1. The number of carbonyl (C=O) groups excluding carboxylic acids is 1. The zero-order chi connectivity index (χ0) is 27.0. The lowest BCUT2D eigenvalue weighted by Gasteiger charge is -2.25. The van der Waals surface area contributed by atoms with Crippen molar-refractivity contribution in [3.63, 3.8) is 0 Å². The lowest BCUT2D eigenvalue weighted by Crippen LogP contribution is -2.76. The van der Waals surface area contributed by atoms with Crippen molar-refractivity contribution in [3.8, 4) is 5.75 Å². The van der Waals surface area contributed by atoms with Gasteiger partial charge in [-0.05, 0) is 30.3 Å². The molecule has 1 aliphatic rings. The van der Waals surface area contributed by atoms with Crippen LogP contribution in [-0.4, -0.2) is 44.1 Å². The molecule has 3 rings (SSSR count). The molecule has 36 heavy (non-hydrogen) atoms. The Morgan fingerprint density at radius 1 is 1.17 bits per heavy atom. The monoisotopic (exact) mass is 565 g/mol. The summed E-state index contributed by atoms with van der Waals surface area (Å²) in [7, 11) is -3.44. The summed E-state index contributed by atoms with van der Waals surface area (Å²) in [5, 5.41) is 8.96. The number of ether oxygens (including phenoxy) is 1. The highest BCUT2D eigenvalue weighted by Gasteiger charge is 2.43. The number of ketones is 1. The summed E-state index contributed by atoms with van der Waals surface area (Å²) >= 11 is 11.7. The number of carbonyl (C=O) groups is 2. The third-order valence-electron chi connectivity index (χ3n) is 5.40. The molecule has 0 saturated carbocycles. The van der Waals surface area contributed by atoms with E-state index in [1.807, 2.05) is 0 Å². The maximum atomic E-state index is 13.5. The number of nitrogens with one attached hydrogen (secondary N) is 2. The predicted molar refractivity (Wildman–Crippen MR) is 124 cm³/mol. The number of halogens is 5. The minimum atomic E-state index is -4.92. The Morgan fingerprint density at radius 3 is 2.42 bits per heavy atom. The summed E-state index contributed by atoms with van der Waals surface area (Å²) in [5.74, 6) is -3.30. The molecule has 14 heteroatoms. The Kier molecular flexibility index (Phi) is 7.84. The van der Waals surface area contributed by atoms with E-state index in [-0.39, 0.29) is 22.1 Å². The highest BCUT2D eigenvalue weighted by Crippen LogP contribution is 2.36. The summed E-state index contributed by atoms with van der Waals surface area (Å²) in [6.07, 6.45) is -3.69. The Morgan fingerprint density at radius 2 is 1.83 bits per heavy atom. The van der Waals surface area contributed by atoms with Gasteiger partial charge in [0.1, 0.15) is 11.8 Å². The quantitative estimate of drug-likeness (QED) is 0.443. The van der Waals surface area contributed by atoms with Crippen molar-refractivity contribution in [1.29, 1.82) is 0 Å². The van der Waals surface area contributed by atoms with E-state index in [1.165, 1.54) is 38.4 Å². The van der Waals surface area contributed by atoms with Crippen LogP contribution in [0.4, 0.5) is 13.2 Å². The minimum absolute atomic E-state index is 0.0865. The number of sulfonamides is 1. The number of hydrogen-bond acceptors (Lipinski definition) is 5. The topological polar surface area (TPSA) is 124 Å². The van der Waals surface area contributed by atoms with Crippen LogP contribution in [-0.2, 0) is 16.2 Å². The molecule has 192 valence electrons. The first kappa shape index (κ1) is 27.7. The molecule has 2 aromatic carbocycles. The third-order valence-corrected chi connectivity index (χ3v) is 7.62. The molecular formula is C22H18Cl2F3N2O6S+. The van der Waals surface area contributed by atoms with E-state index < -0.39 is 61.0 Å². The van der Waals surface area contributed by atoms with Crippen LogP contribution in [0.1, 0.15) is 33.2 Å². The van der Waals surface area contributed by atoms with Crippen LogP contribution in [0.3, 0.4) is 0 Å². The molecule has 0 aromatic heterocycles. The second-order valence-electron chi connectivity index (χ2n) is 7.63. The van der Waals surface area contributed by atoms with Crippen molar-refractivity contribution in [2.24, 2.45) is 5.92 Å². The Labute approximate surface area is 213 Å². The van der Waals surface area contributed by atoms with Gasteiger partial charge in [0.05, 0.1) is 38.8 Å². The van der Waals surface area contributed by atoms with Crippen LogP contribution >= 0.6 is 23.2 Å². The van der Waals surface area contributed by atoms with Crippen molar-refractivity contribution in [2.45, 2.75) is 24.0 Å². The second kappa shape index (κ2) is 10.2. The fourth-order valence-corrected chi connectivity index (χ4v) is 5.24. The van der Waals surface area contributed by atoms with Gasteiger partial charge in [0.2, 0.25) is 15.7 Å². The van der Waals surface area contributed by atoms with Crippen LogP contribution in [0.25, 0.3) is 0 Å². The molecule has 0 amide bonds. The smallest absolute Gasteiger partial charge is 0.417 e. The fraction of sp³-hybridized carbons (Fsp3) is 0.227. The maximum Gasteiger partial charge on any atom is 0.417 e. The van der Waals surface area contributed by atoms with Crippen LogP contribution < -0.4 is 14.5 Å². The van der Waals surface area contributed by atoms with Gasteiger partial charge in [0.15, 0.2) is 6.20 Å². The molecule has 2 aromatic rings. The van der Waals surface area contributed by atoms with Gasteiger partial charge in [-0.25, -0.2) is 18.2 Å². The summed E-state index contributed by atoms with van der Waals surface area (Å²) in [6.45, 7) is 1.48. The van der Waals surface area contributed by atoms with Crippen LogP contribution in [0.2, 0.25) is 5.02 Å². The highest BCUT2D eigenvalue weighted by atomic mass is 35.5. The molecule has 0 aliphatic carbocycles. The van der Waals surface area contributed by atoms with Crippen molar-refractivity contribution in [2.75, 3.05) is 7.11 Å². The van der Waals surface area contributed by atoms with Crippen LogP contribution in [0.5, 0.6) is 5.75 Å². The molecule has 2 atom stereocenters. The molecule has 1 aliphatic heterocycles. The zero-order valence-corrected chi connectivity index (χ0v) is 20.8. The molecule has 3 N–H and O–H groups in total. The van der Waals surface area contributed by atoms with E-state index in [9.17, 15) is 36.3 Å². The number of aromatic carboxylic acids is 1. The lowest BCUT2D eigenvalue weighted by molar-refractivity contribution is -0.377. The first-order valence-corrected chi connectivity index (χ1v) is 12.3. The summed E-state index contributed by atoms with van der Waals surface area (Å²) in [6, 6.07) is 4.50. The molecule has 2 unspecified atom stereocenters. The second-order valence-corrected chi connectivity index (χ2v) is 10.2. The molecule has 0 fully saturated rings. The predicted octanol–water partition coefficient (Wildman–Crippen LogP) is 2.85. The van der Waals surface area contributed by atoms with E-state index in [4.69, 9.17) is 27.9 Å². The van der Waals surface area contributed by atoms with E-state index in [0.29, 0.717) is 6.07 Å². The molecule has 0 bridgehead atoms. The van der Waals surface area contributed by atoms with E-state index >= 15 is 0 Å². The lowest BCUT2D eigenvalue weighted by atomic mass is 9.89. The van der Waals surface area contributed by atoms with Gasteiger partial charge in [-0.3, -0.25) is 4.79 Å². The van der Waals surface area contributed by atoms with Crippen molar-refractivity contribution < 1.29 is 46.0 Å². The number of carboxylic acids is 1. The Balaban J connectivity index is 2.10. The minimum Gasteiger partial charge on any atom is -0.496 e. The Bertz CT molecular complexity index is 1410. The number of rotatable bonds is 7. The average Bonchev–Trinajstić information content (AvgIpc) is 2.80. The van der Waals surface area contributed by atoms with Gasteiger partial charge in [-0.2, -0.15) is 17.9 Å². The third kappa shape index (κ3) is 5.41. The van der Waals surface area contributed by atoms with E-state index in [1.54, 1.807) is 0 Å². The van der Waals surface area contributed by atoms with Gasteiger partial charge >= 0.3 is 12.1 Å². The number of Topliss-reactive ketones (excluding diaryl/α,β-unsaturated/α-hetero) is 1. The highest BCUT2D eigenvalue weighted by molar-refractivity contribution is 7.89. The normalized spacial score (nSPS) is 18.3. The maximum absolute atomic E-state index is 13.5. The fourth-order valence-electron chi connectivity index (χ4n) is 3.52. The van der Waals surface area contributed by atoms with Gasteiger partial charge in [-0.1, -0.05) is 36.2 Å². The first-order valence-electron chi connectivity index (χ1n) is 10.0. The standard InChI is InChI=1S/C22H17Cl2F3N2O6S/c1-10-15(24)9-28-19(20(30)17-12(21(31)32)4-3-5-16(17)35-2)18(10)29-36(33,34)11-6-7-14(23)13(8-11)22(25,26)27/h3-10,18,29H,1-2H3,(H,31,32)/p+1. The van der Waals surface area contributed by atoms with Gasteiger partial charge < -0.3 is 9.84 Å². The van der Waals surface area contributed by atoms with Crippen LogP contribution in [0, 0.1) is 5.92 Å². The molecule has 0 saturated heterocycles. The Hall–Kier alpha value is -2.93.